The van der Waals surface area contributed by atoms with E-state index in [0.717, 1.165) is 0 Å². The molecule has 0 rings (SSSR count). The lowest BCUT2D eigenvalue weighted by Gasteiger charge is -1.95. The fraction of sp³-hybridized carbons (Fsp3) is 0.857. The predicted octanol–water partition coefficient (Wildman–Crippen LogP) is -0.0711. The molecule has 0 aliphatic rings. The highest BCUT2D eigenvalue weighted by Gasteiger charge is 1.88. The zero-order valence-corrected chi connectivity index (χ0v) is 7.20. The number of hydrogen-bond acceptors (Lipinski definition) is 4. The third-order valence-electron chi connectivity index (χ3n) is 0.834. The number of ether oxygens (including phenoxy) is 1. The van der Waals surface area contributed by atoms with Crippen LogP contribution in [0.1, 0.15) is 20.3 Å². The molecule has 0 saturated carbocycles. The molecule has 0 aromatic carbocycles. The molecule has 0 spiro atoms. The summed E-state index contributed by atoms with van der Waals surface area (Å²) in [5, 5.41) is 16.5. The van der Waals surface area contributed by atoms with Crippen LogP contribution in [0.25, 0.3) is 0 Å². The van der Waals surface area contributed by atoms with E-state index in [1.54, 1.807) is 6.92 Å². The van der Waals surface area contributed by atoms with Crippen LogP contribution in [-0.4, -0.2) is 36.0 Å². The molecule has 0 saturated heterocycles. The largest absolute Gasteiger partial charge is 0.469 e. The van der Waals surface area contributed by atoms with Gasteiger partial charge >= 0.3 is 5.97 Å². The maximum Gasteiger partial charge on any atom is 0.302 e. The first kappa shape index (κ1) is 13.0. The number of carbonyl (C=O) groups is 1. The Bertz CT molecular complexity index is 90.4. The summed E-state index contributed by atoms with van der Waals surface area (Å²) in [7, 11) is 1.35. The maximum absolute atomic E-state index is 9.59. The van der Waals surface area contributed by atoms with Crippen LogP contribution in [-0.2, 0) is 9.53 Å². The molecule has 0 amide bonds. The summed E-state index contributed by atoms with van der Waals surface area (Å²) in [6.07, 6.45) is 0.134. The van der Waals surface area contributed by atoms with Crippen LogP contribution in [0.5, 0.6) is 0 Å². The van der Waals surface area contributed by atoms with E-state index in [-0.39, 0.29) is 18.7 Å². The zero-order chi connectivity index (χ0) is 9.28. The van der Waals surface area contributed by atoms with E-state index in [2.05, 4.69) is 4.74 Å². The molecule has 0 radical (unpaired) electrons. The Labute approximate surface area is 66.8 Å². The molecule has 0 aromatic rings. The molecule has 0 aromatic heterocycles. The molecule has 4 nitrogen and oxygen atoms in total. The molecule has 11 heavy (non-hydrogen) atoms. The smallest absolute Gasteiger partial charge is 0.302 e. The van der Waals surface area contributed by atoms with Gasteiger partial charge in [-0.2, -0.15) is 0 Å². The Morgan fingerprint density at radius 3 is 2.00 bits per heavy atom. The fourth-order valence-corrected chi connectivity index (χ4v) is 0.187. The molecule has 0 aliphatic carbocycles. The summed E-state index contributed by atoms with van der Waals surface area (Å²) in [6.45, 7) is 3.09. The molecule has 0 bridgehead atoms. The summed E-state index contributed by atoms with van der Waals surface area (Å²) in [5.41, 5.74) is 0. The van der Waals surface area contributed by atoms with Crippen molar-refractivity contribution in [3.05, 3.63) is 0 Å². The van der Waals surface area contributed by atoms with Crippen molar-refractivity contribution in [3.8, 4) is 0 Å². The molecule has 2 N–H and O–H groups in total. The number of rotatable bonds is 2. The van der Waals surface area contributed by atoms with E-state index >= 15 is 0 Å². The van der Waals surface area contributed by atoms with Gasteiger partial charge in [-0.15, -0.1) is 0 Å². The SMILES string of the molecule is CC(O)CCO.COC(C)=O. The van der Waals surface area contributed by atoms with Crippen LogP contribution >= 0.6 is 0 Å². The van der Waals surface area contributed by atoms with Gasteiger partial charge in [-0.1, -0.05) is 0 Å². The van der Waals surface area contributed by atoms with Gasteiger partial charge in [0.15, 0.2) is 0 Å². The van der Waals surface area contributed by atoms with Gasteiger partial charge in [-0.3, -0.25) is 4.79 Å². The van der Waals surface area contributed by atoms with Crippen LogP contribution in [0.4, 0.5) is 0 Å². The Hall–Kier alpha value is -0.610. The van der Waals surface area contributed by atoms with Gasteiger partial charge in [0.2, 0.25) is 0 Å². The van der Waals surface area contributed by atoms with E-state index in [1.165, 1.54) is 14.0 Å². The number of aliphatic hydroxyl groups is 2. The number of hydrogen-bond donors (Lipinski definition) is 2. The summed E-state index contributed by atoms with van der Waals surface area (Å²) >= 11 is 0. The number of esters is 1. The van der Waals surface area contributed by atoms with Crippen molar-refractivity contribution in [2.24, 2.45) is 0 Å². The van der Waals surface area contributed by atoms with E-state index in [0.29, 0.717) is 6.42 Å². The molecule has 68 valence electrons. The number of methoxy groups -OCH3 is 1. The van der Waals surface area contributed by atoms with Crippen molar-refractivity contribution < 1.29 is 19.7 Å². The minimum atomic E-state index is -0.352. The normalized spacial score (nSPS) is 11.0. The third kappa shape index (κ3) is 26.6. The second-order valence-electron chi connectivity index (χ2n) is 2.06. The topological polar surface area (TPSA) is 66.8 Å². The molecule has 0 heterocycles. The van der Waals surface area contributed by atoms with Gasteiger partial charge in [0, 0.05) is 13.5 Å². The summed E-state index contributed by atoms with van der Waals surface area (Å²) in [6, 6.07) is 0. The van der Waals surface area contributed by atoms with Gasteiger partial charge < -0.3 is 14.9 Å². The van der Waals surface area contributed by atoms with Crippen LogP contribution in [0.2, 0.25) is 0 Å². The first-order valence-electron chi connectivity index (χ1n) is 3.38. The average molecular weight is 164 g/mol. The molecular formula is C7H16O4. The lowest BCUT2D eigenvalue weighted by atomic mass is 10.3. The van der Waals surface area contributed by atoms with Gasteiger partial charge in [-0.05, 0) is 13.3 Å². The van der Waals surface area contributed by atoms with Crippen molar-refractivity contribution in [2.45, 2.75) is 26.4 Å². The first-order valence-corrected chi connectivity index (χ1v) is 3.38. The maximum atomic E-state index is 9.59. The van der Waals surface area contributed by atoms with Crippen LogP contribution in [0, 0.1) is 0 Å². The van der Waals surface area contributed by atoms with Crippen molar-refractivity contribution in [3.63, 3.8) is 0 Å². The summed E-state index contributed by atoms with van der Waals surface area (Å²) < 4.78 is 4.11. The Kier molecular flexibility index (Phi) is 11.1. The Morgan fingerprint density at radius 2 is 2.00 bits per heavy atom. The highest BCUT2D eigenvalue weighted by molar-refractivity contribution is 5.65. The van der Waals surface area contributed by atoms with Crippen molar-refractivity contribution >= 4 is 5.97 Å². The summed E-state index contributed by atoms with van der Waals surface area (Å²) in [5.74, 6) is -0.245. The van der Waals surface area contributed by atoms with Gasteiger partial charge in [0.25, 0.3) is 0 Å². The van der Waals surface area contributed by atoms with E-state index in [4.69, 9.17) is 10.2 Å². The predicted molar refractivity (Wildman–Crippen MR) is 41.1 cm³/mol. The second kappa shape index (κ2) is 9.39. The van der Waals surface area contributed by atoms with Gasteiger partial charge in [0.05, 0.1) is 13.2 Å². The first-order chi connectivity index (χ1) is 5.04. The second-order valence-corrected chi connectivity index (χ2v) is 2.06. The number of aliphatic hydroxyl groups excluding tert-OH is 2. The molecule has 1 unspecified atom stereocenters. The fourth-order valence-electron chi connectivity index (χ4n) is 0.187. The molecule has 0 fully saturated rings. The van der Waals surface area contributed by atoms with Crippen molar-refractivity contribution in [1.29, 1.82) is 0 Å². The lowest BCUT2D eigenvalue weighted by Crippen LogP contribution is -2.00. The van der Waals surface area contributed by atoms with E-state index < -0.39 is 0 Å². The van der Waals surface area contributed by atoms with Crippen LogP contribution in [0.15, 0.2) is 0 Å². The quantitative estimate of drug-likeness (QED) is 0.560. The molecule has 4 heteroatoms. The van der Waals surface area contributed by atoms with Crippen LogP contribution < -0.4 is 0 Å². The number of carbonyl (C=O) groups excluding carboxylic acids is 1. The highest BCUT2D eigenvalue weighted by Crippen LogP contribution is 1.83. The minimum Gasteiger partial charge on any atom is -0.469 e. The minimum absolute atomic E-state index is 0.0810. The monoisotopic (exact) mass is 164 g/mol. The van der Waals surface area contributed by atoms with E-state index in [1.807, 2.05) is 0 Å². The lowest BCUT2D eigenvalue weighted by molar-refractivity contribution is -0.137. The van der Waals surface area contributed by atoms with Crippen molar-refractivity contribution in [1.82, 2.24) is 0 Å². The average Bonchev–Trinajstić information content (AvgIpc) is 1.89. The Balaban J connectivity index is 0. The Morgan fingerprint density at radius 1 is 1.64 bits per heavy atom. The highest BCUT2D eigenvalue weighted by atomic mass is 16.5. The summed E-state index contributed by atoms with van der Waals surface area (Å²) in [4.78, 5) is 9.59. The third-order valence-corrected chi connectivity index (χ3v) is 0.834. The molecule has 0 aliphatic heterocycles. The van der Waals surface area contributed by atoms with E-state index in [9.17, 15) is 4.79 Å². The van der Waals surface area contributed by atoms with Crippen LogP contribution in [0.3, 0.4) is 0 Å². The van der Waals surface area contributed by atoms with Crippen molar-refractivity contribution in [2.75, 3.05) is 13.7 Å². The van der Waals surface area contributed by atoms with Gasteiger partial charge in [0.1, 0.15) is 0 Å². The van der Waals surface area contributed by atoms with Gasteiger partial charge in [-0.25, -0.2) is 0 Å². The molecule has 1 atom stereocenters. The zero-order valence-electron chi connectivity index (χ0n) is 7.20. The molecular weight excluding hydrogens is 148 g/mol. The standard InChI is InChI=1S/C4H10O2.C3H6O2/c1-4(6)2-3-5;1-3(4)5-2/h4-6H,2-3H2,1H3;1-2H3.